The van der Waals surface area contributed by atoms with Crippen LogP contribution < -0.4 is 5.46 Å². The van der Waals surface area contributed by atoms with Crippen LogP contribution in [0.3, 0.4) is 0 Å². The average Bonchev–Trinajstić information content (AvgIpc) is 2.28. The quantitative estimate of drug-likeness (QED) is 0.527. The van der Waals surface area contributed by atoms with E-state index in [4.69, 9.17) is 10.0 Å². The fourth-order valence-corrected chi connectivity index (χ4v) is 1.34. The summed E-state index contributed by atoms with van der Waals surface area (Å²) in [5.41, 5.74) is 1.09. The Morgan fingerprint density at radius 3 is 2.81 bits per heavy atom. The van der Waals surface area contributed by atoms with Crippen LogP contribution >= 0.6 is 0 Å². The summed E-state index contributed by atoms with van der Waals surface area (Å²) in [4.78, 5) is 15.0. The van der Waals surface area contributed by atoms with Gasteiger partial charge in [-0.1, -0.05) is 13.0 Å². The van der Waals surface area contributed by atoms with Crippen molar-refractivity contribution in [1.29, 1.82) is 0 Å². The van der Waals surface area contributed by atoms with E-state index in [1.54, 1.807) is 12.3 Å². The van der Waals surface area contributed by atoms with Crippen LogP contribution in [0.4, 0.5) is 0 Å². The summed E-state index contributed by atoms with van der Waals surface area (Å²) in [6.07, 6.45) is 3.21. The minimum atomic E-state index is -1.54. The Balaban J connectivity index is 2.79. The predicted octanol–water partition coefficient (Wildman–Crippen LogP) is -0.572. The molecule has 16 heavy (non-hydrogen) atoms. The smallest absolute Gasteiger partial charge is 0.469 e. The van der Waals surface area contributed by atoms with Crippen LogP contribution in [-0.4, -0.2) is 35.2 Å². The van der Waals surface area contributed by atoms with Gasteiger partial charge in [-0.05, 0) is 11.5 Å². The lowest BCUT2D eigenvalue weighted by molar-refractivity contribution is -0.140. The lowest BCUT2D eigenvalue weighted by atomic mass is 9.80. The van der Waals surface area contributed by atoms with E-state index >= 15 is 0 Å². The number of methoxy groups -OCH3 is 1. The van der Waals surface area contributed by atoms with Gasteiger partial charge in [0.1, 0.15) is 0 Å². The molecule has 86 valence electrons. The monoisotopic (exact) mass is 223 g/mol. The predicted molar refractivity (Wildman–Crippen MR) is 59.1 cm³/mol. The fraction of sp³-hybridized carbons (Fsp3) is 0.400. The van der Waals surface area contributed by atoms with Gasteiger partial charge in [0.2, 0.25) is 0 Å². The van der Waals surface area contributed by atoms with Crippen molar-refractivity contribution in [3.63, 3.8) is 0 Å². The van der Waals surface area contributed by atoms with Crippen LogP contribution in [0.5, 0.6) is 0 Å². The number of aromatic nitrogens is 1. The molecule has 0 saturated carbocycles. The zero-order valence-electron chi connectivity index (χ0n) is 9.25. The van der Waals surface area contributed by atoms with Crippen LogP contribution in [0.1, 0.15) is 24.8 Å². The van der Waals surface area contributed by atoms with E-state index in [2.05, 4.69) is 9.72 Å². The third-order valence-electron chi connectivity index (χ3n) is 2.35. The zero-order chi connectivity index (χ0) is 12.1. The summed E-state index contributed by atoms with van der Waals surface area (Å²) in [6, 6.07) is 1.62. The fourth-order valence-electron chi connectivity index (χ4n) is 1.34. The number of hydrogen-bond acceptors (Lipinski definition) is 5. The third kappa shape index (κ3) is 3.32. The second-order valence-electron chi connectivity index (χ2n) is 3.61. The number of nitrogens with zero attached hydrogens (tertiary/aromatic N) is 1. The molecule has 0 bridgehead atoms. The molecule has 0 aliphatic heterocycles. The lowest BCUT2D eigenvalue weighted by Gasteiger charge is -2.11. The Morgan fingerprint density at radius 1 is 1.56 bits per heavy atom. The van der Waals surface area contributed by atoms with Crippen molar-refractivity contribution >= 4 is 18.6 Å². The number of carbonyl (C=O) groups excluding carboxylic acids is 1. The molecule has 0 aromatic carbocycles. The van der Waals surface area contributed by atoms with Crippen LogP contribution in [0, 0.1) is 0 Å². The molecular weight excluding hydrogens is 209 g/mol. The SMILES string of the molecule is COC(=O)C[C@H](C)c1cncc(B(O)O)c1. The summed E-state index contributed by atoms with van der Waals surface area (Å²) in [6.45, 7) is 1.85. The standard InChI is InChI=1S/C10H14BNO4/c1-7(3-10(13)16-2)8-4-9(11(14)15)6-12-5-8/h4-7,14-15H,3H2,1-2H3/t7-/m0/s1. The molecule has 0 radical (unpaired) electrons. The highest BCUT2D eigenvalue weighted by Crippen LogP contribution is 2.17. The molecule has 1 aromatic heterocycles. The summed E-state index contributed by atoms with van der Waals surface area (Å²) >= 11 is 0. The van der Waals surface area contributed by atoms with Crippen molar-refractivity contribution in [1.82, 2.24) is 4.98 Å². The molecule has 0 aliphatic carbocycles. The zero-order valence-corrected chi connectivity index (χ0v) is 9.25. The van der Waals surface area contributed by atoms with E-state index in [1.165, 1.54) is 13.3 Å². The Labute approximate surface area is 94.2 Å². The molecule has 6 heteroatoms. The number of rotatable bonds is 4. The molecule has 1 heterocycles. The number of pyridine rings is 1. The van der Waals surface area contributed by atoms with E-state index in [9.17, 15) is 4.79 Å². The van der Waals surface area contributed by atoms with Gasteiger partial charge < -0.3 is 14.8 Å². The molecule has 2 N–H and O–H groups in total. The molecule has 0 saturated heterocycles. The van der Waals surface area contributed by atoms with E-state index in [-0.39, 0.29) is 18.3 Å². The molecule has 0 aliphatic rings. The third-order valence-corrected chi connectivity index (χ3v) is 2.35. The normalized spacial score (nSPS) is 12.0. The van der Waals surface area contributed by atoms with Gasteiger partial charge >= 0.3 is 13.1 Å². The topological polar surface area (TPSA) is 79.7 Å². The summed E-state index contributed by atoms with van der Waals surface area (Å²) in [5, 5.41) is 18.0. The van der Waals surface area contributed by atoms with Crippen LogP contribution in [0.25, 0.3) is 0 Å². The minimum absolute atomic E-state index is 0.0707. The maximum Gasteiger partial charge on any atom is 0.490 e. The number of esters is 1. The Morgan fingerprint density at radius 2 is 2.25 bits per heavy atom. The number of hydrogen-bond donors (Lipinski definition) is 2. The molecule has 5 nitrogen and oxygen atoms in total. The van der Waals surface area contributed by atoms with Crippen molar-refractivity contribution in [3.8, 4) is 0 Å². The summed E-state index contributed by atoms with van der Waals surface area (Å²) in [7, 11) is -0.209. The molecular formula is C10H14BNO4. The second-order valence-corrected chi connectivity index (χ2v) is 3.61. The van der Waals surface area contributed by atoms with Gasteiger partial charge in [-0.25, -0.2) is 0 Å². The van der Waals surface area contributed by atoms with Crippen molar-refractivity contribution in [2.75, 3.05) is 7.11 Å². The summed E-state index contributed by atoms with van der Waals surface area (Å²) in [5.74, 6) is -0.374. The van der Waals surface area contributed by atoms with Gasteiger partial charge in [-0.2, -0.15) is 0 Å². The second kappa shape index (κ2) is 5.62. The van der Waals surface area contributed by atoms with Gasteiger partial charge in [0.25, 0.3) is 0 Å². The van der Waals surface area contributed by atoms with Crippen molar-refractivity contribution in [3.05, 3.63) is 24.0 Å². The Bertz CT molecular complexity index is 370. The molecule has 0 spiro atoms. The first kappa shape index (κ1) is 12.7. The Hall–Kier alpha value is -1.40. The Kier molecular flexibility index (Phi) is 4.45. The summed E-state index contributed by atoms with van der Waals surface area (Å²) < 4.78 is 4.56. The number of ether oxygens (including phenoxy) is 1. The van der Waals surface area contributed by atoms with Crippen molar-refractivity contribution in [2.24, 2.45) is 0 Å². The first-order valence-electron chi connectivity index (χ1n) is 4.92. The van der Waals surface area contributed by atoms with E-state index in [0.29, 0.717) is 5.46 Å². The lowest BCUT2D eigenvalue weighted by Crippen LogP contribution is -2.30. The van der Waals surface area contributed by atoms with Crippen LogP contribution in [0.15, 0.2) is 18.5 Å². The average molecular weight is 223 g/mol. The maximum absolute atomic E-state index is 11.1. The highest BCUT2D eigenvalue weighted by atomic mass is 16.5. The minimum Gasteiger partial charge on any atom is -0.469 e. The first-order valence-corrected chi connectivity index (χ1v) is 4.92. The highest BCUT2D eigenvalue weighted by Gasteiger charge is 2.16. The molecule has 1 aromatic rings. The van der Waals surface area contributed by atoms with Gasteiger partial charge in [-0.3, -0.25) is 9.78 Å². The van der Waals surface area contributed by atoms with Gasteiger partial charge in [0.05, 0.1) is 13.5 Å². The number of carbonyl (C=O) groups is 1. The van der Waals surface area contributed by atoms with Crippen LogP contribution in [-0.2, 0) is 9.53 Å². The van der Waals surface area contributed by atoms with Gasteiger partial charge in [0.15, 0.2) is 0 Å². The van der Waals surface area contributed by atoms with E-state index in [0.717, 1.165) is 5.56 Å². The van der Waals surface area contributed by atoms with E-state index in [1.807, 2.05) is 6.92 Å². The highest BCUT2D eigenvalue weighted by molar-refractivity contribution is 6.58. The van der Waals surface area contributed by atoms with Crippen LogP contribution in [0.2, 0.25) is 0 Å². The molecule has 1 atom stereocenters. The molecule has 0 fully saturated rings. The maximum atomic E-state index is 11.1. The largest absolute Gasteiger partial charge is 0.490 e. The van der Waals surface area contributed by atoms with Crippen molar-refractivity contribution < 1.29 is 19.6 Å². The van der Waals surface area contributed by atoms with Crippen molar-refractivity contribution in [2.45, 2.75) is 19.3 Å². The van der Waals surface area contributed by atoms with Gasteiger partial charge in [-0.15, -0.1) is 0 Å². The molecule has 1 rings (SSSR count). The van der Waals surface area contributed by atoms with Gasteiger partial charge in [0, 0.05) is 17.9 Å². The molecule has 0 unspecified atom stereocenters. The first-order chi connectivity index (χ1) is 7.54. The molecule has 0 amide bonds. The van der Waals surface area contributed by atoms with E-state index < -0.39 is 7.12 Å².